The molecule has 0 aliphatic carbocycles. The summed E-state index contributed by atoms with van der Waals surface area (Å²) >= 11 is 1.44. The second-order valence-electron chi connectivity index (χ2n) is 5.18. The van der Waals surface area contributed by atoms with Crippen LogP contribution in [0.2, 0.25) is 0 Å². The Kier molecular flexibility index (Phi) is 5.70. The van der Waals surface area contributed by atoms with Crippen LogP contribution >= 0.6 is 11.8 Å². The zero-order valence-electron chi connectivity index (χ0n) is 12.3. The number of para-hydroxylation sites is 1. The van der Waals surface area contributed by atoms with Gasteiger partial charge >= 0.3 is 5.97 Å². The fourth-order valence-corrected chi connectivity index (χ4v) is 3.11. The minimum Gasteiger partial charge on any atom is -0.480 e. The number of hydrogen-bond donors (Lipinski definition) is 2. The lowest BCUT2D eigenvalue weighted by molar-refractivity contribution is -0.136. The van der Waals surface area contributed by atoms with Gasteiger partial charge in [-0.2, -0.15) is 0 Å². The first-order valence-corrected chi connectivity index (χ1v) is 8.14. The van der Waals surface area contributed by atoms with Crippen LogP contribution in [0.5, 0.6) is 0 Å². The van der Waals surface area contributed by atoms with Gasteiger partial charge in [0.15, 0.2) is 0 Å². The molecule has 1 aromatic carbocycles. The van der Waals surface area contributed by atoms with Crippen LogP contribution in [0.25, 0.3) is 10.9 Å². The second-order valence-corrected chi connectivity index (χ2v) is 6.49. The van der Waals surface area contributed by atoms with Crippen LogP contribution in [-0.2, 0) is 16.0 Å². The van der Waals surface area contributed by atoms with Gasteiger partial charge in [0, 0.05) is 22.9 Å². The summed E-state index contributed by atoms with van der Waals surface area (Å²) in [4.78, 5) is 14.6. The van der Waals surface area contributed by atoms with Crippen molar-refractivity contribution in [1.82, 2.24) is 4.98 Å². The third-order valence-electron chi connectivity index (χ3n) is 3.21. The first kappa shape index (κ1) is 15.9. The molecule has 0 spiro atoms. The molecule has 0 bridgehead atoms. The Morgan fingerprint density at radius 3 is 2.86 bits per heavy atom. The van der Waals surface area contributed by atoms with E-state index in [0.717, 1.165) is 16.5 Å². The quantitative estimate of drug-likeness (QED) is 0.734. The van der Waals surface area contributed by atoms with Crippen LogP contribution in [0.1, 0.15) is 19.4 Å². The van der Waals surface area contributed by atoms with Gasteiger partial charge in [-0.05, 0) is 31.9 Å². The van der Waals surface area contributed by atoms with Gasteiger partial charge in [-0.3, -0.25) is 4.79 Å². The van der Waals surface area contributed by atoms with Gasteiger partial charge in [0.2, 0.25) is 0 Å². The van der Waals surface area contributed by atoms with Crippen LogP contribution in [0.15, 0.2) is 30.5 Å². The number of rotatable bonds is 8. The van der Waals surface area contributed by atoms with Crippen molar-refractivity contribution in [1.29, 1.82) is 0 Å². The molecule has 5 heteroatoms. The van der Waals surface area contributed by atoms with E-state index in [2.05, 4.69) is 4.98 Å². The largest absolute Gasteiger partial charge is 0.480 e. The molecule has 1 atom stereocenters. The Morgan fingerprint density at radius 2 is 2.14 bits per heavy atom. The van der Waals surface area contributed by atoms with Crippen molar-refractivity contribution in [3.63, 3.8) is 0 Å². The summed E-state index contributed by atoms with van der Waals surface area (Å²) in [6.45, 7) is 4.54. The molecule has 0 fully saturated rings. The van der Waals surface area contributed by atoms with Gasteiger partial charge in [0.05, 0.1) is 12.7 Å². The highest BCUT2D eigenvalue weighted by Gasteiger charge is 2.20. The van der Waals surface area contributed by atoms with Crippen molar-refractivity contribution < 1.29 is 14.6 Å². The van der Waals surface area contributed by atoms with Gasteiger partial charge in [0.25, 0.3) is 0 Å². The number of hydrogen-bond acceptors (Lipinski definition) is 3. The smallest absolute Gasteiger partial charge is 0.316 e. The molecule has 1 heterocycles. The number of aromatic nitrogens is 1. The van der Waals surface area contributed by atoms with Gasteiger partial charge in [-0.15, -0.1) is 11.8 Å². The number of nitrogens with one attached hydrogen (secondary N) is 1. The second kappa shape index (κ2) is 7.52. The first-order chi connectivity index (χ1) is 10.1. The lowest BCUT2D eigenvalue weighted by atomic mass is 10.1. The van der Waals surface area contributed by atoms with E-state index in [1.807, 2.05) is 44.3 Å². The Balaban J connectivity index is 1.98. The van der Waals surface area contributed by atoms with Crippen LogP contribution in [0.3, 0.4) is 0 Å². The number of fused-ring (bicyclic) bond motifs is 1. The Hall–Kier alpha value is -1.46. The number of aliphatic carboxylic acids is 1. The lowest BCUT2D eigenvalue weighted by Gasteiger charge is -2.13. The molecule has 114 valence electrons. The fourth-order valence-electron chi connectivity index (χ4n) is 2.19. The Labute approximate surface area is 128 Å². The monoisotopic (exact) mass is 307 g/mol. The number of carbonyl (C=O) groups is 1. The average molecular weight is 307 g/mol. The zero-order valence-corrected chi connectivity index (χ0v) is 13.2. The van der Waals surface area contributed by atoms with Crippen molar-refractivity contribution in [3.8, 4) is 0 Å². The number of benzene rings is 1. The molecule has 2 aromatic rings. The molecule has 1 aromatic heterocycles. The maximum atomic E-state index is 11.4. The summed E-state index contributed by atoms with van der Waals surface area (Å²) in [6, 6.07) is 7.96. The number of H-pyrrole nitrogens is 1. The highest BCUT2D eigenvalue weighted by Crippen LogP contribution is 2.23. The molecule has 0 aliphatic rings. The highest BCUT2D eigenvalue weighted by molar-refractivity contribution is 8.00. The molecule has 2 N–H and O–H groups in total. The number of aromatic amines is 1. The molecule has 0 saturated heterocycles. The van der Waals surface area contributed by atoms with Crippen LogP contribution in [0.4, 0.5) is 0 Å². The van der Waals surface area contributed by atoms with E-state index in [0.29, 0.717) is 18.8 Å². The molecular weight excluding hydrogens is 286 g/mol. The summed E-state index contributed by atoms with van der Waals surface area (Å²) in [6.07, 6.45) is 2.61. The van der Waals surface area contributed by atoms with E-state index < -0.39 is 11.2 Å². The maximum absolute atomic E-state index is 11.4. The van der Waals surface area contributed by atoms with Crippen molar-refractivity contribution in [2.75, 3.05) is 12.4 Å². The Bertz CT molecular complexity index is 594. The summed E-state index contributed by atoms with van der Waals surface area (Å²) < 4.78 is 5.46. The summed E-state index contributed by atoms with van der Waals surface area (Å²) in [7, 11) is 0. The summed E-state index contributed by atoms with van der Waals surface area (Å²) in [5.41, 5.74) is 2.10. The predicted molar refractivity (Wildman–Crippen MR) is 87.0 cm³/mol. The van der Waals surface area contributed by atoms with E-state index >= 15 is 0 Å². The fraction of sp³-hybridized carbons (Fsp3) is 0.438. The van der Waals surface area contributed by atoms with Gasteiger partial charge in [0.1, 0.15) is 5.25 Å². The van der Waals surface area contributed by atoms with Crippen molar-refractivity contribution in [2.45, 2.75) is 31.6 Å². The molecule has 0 unspecified atom stereocenters. The van der Waals surface area contributed by atoms with Crippen LogP contribution in [-0.4, -0.2) is 39.8 Å². The maximum Gasteiger partial charge on any atom is 0.316 e. The van der Waals surface area contributed by atoms with E-state index in [9.17, 15) is 9.90 Å². The summed E-state index contributed by atoms with van der Waals surface area (Å²) in [5, 5.41) is 10.0. The van der Waals surface area contributed by atoms with Gasteiger partial charge in [-0.1, -0.05) is 18.2 Å². The SMILES string of the molecule is CC(C)OCCS[C@@H](Cc1c[nH]c2ccccc12)C(=O)O. The minimum absolute atomic E-state index is 0.183. The normalized spacial score (nSPS) is 12.9. The summed E-state index contributed by atoms with van der Waals surface area (Å²) in [5.74, 6) is -0.0767. The lowest BCUT2D eigenvalue weighted by Crippen LogP contribution is -2.20. The zero-order chi connectivity index (χ0) is 15.2. The molecule has 21 heavy (non-hydrogen) atoms. The third kappa shape index (κ3) is 4.51. The van der Waals surface area contributed by atoms with Crippen molar-refractivity contribution in [2.24, 2.45) is 0 Å². The van der Waals surface area contributed by atoms with Crippen LogP contribution in [0, 0.1) is 0 Å². The molecule has 0 saturated carbocycles. The van der Waals surface area contributed by atoms with Gasteiger partial charge in [-0.25, -0.2) is 0 Å². The molecular formula is C16H21NO3S. The van der Waals surface area contributed by atoms with Crippen LogP contribution < -0.4 is 0 Å². The van der Waals surface area contributed by atoms with E-state index in [1.165, 1.54) is 11.8 Å². The number of carboxylic acid groups (broad SMARTS) is 1. The van der Waals surface area contributed by atoms with E-state index in [1.54, 1.807) is 0 Å². The number of thioether (sulfide) groups is 1. The molecule has 4 nitrogen and oxygen atoms in total. The standard InChI is InChI=1S/C16H21NO3S/c1-11(2)20-7-8-21-15(16(18)19)9-12-10-17-14-6-4-3-5-13(12)14/h3-6,10-11,15,17H,7-9H2,1-2H3,(H,18,19)/t15-/m0/s1. The average Bonchev–Trinajstić information content (AvgIpc) is 2.85. The molecule has 2 rings (SSSR count). The molecule has 0 radical (unpaired) electrons. The topological polar surface area (TPSA) is 62.3 Å². The predicted octanol–water partition coefficient (Wildman–Crippen LogP) is 3.32. The van der Waals surface area contributed by atoms with E-state index in [-0.39, 0.29) is 6.10 Å². The van der Waals surface area contributed by atoms with Gasteiger partial charge < -0.3 is 14.8 Å². The molecule has 0 amide bonds. The van der Waals surface area contributed by atoms with Crippen molar-refractivity contribution in [3.05, 3.63) is 36.0 Å². The first-order valence-electron chi connectivity index (χ1n) is 7.09. The molecule has 0 aliphatic heterocycles. The number of ether oxygens (including phenoxy) is 1. The Morgan fingerprint density at radius 1 is 1.38 bits per heavy atom. The minimum atomic E-state index is -0.769. The van der Waals surface area contributed by atoms with E-state index in [4.69, 9.17) is 4.74 Å². The number of carboxylic acids is 1. The van der Waals surface area contributed by atoms with Crippen molar-refractivity contribution >= 4 is 28.6 Å². The third-order valence-corrected chi connectivity index (χ3v) is 4.38. The highest BCUT2D eigenvalue weighted by atomic mass is 32.2.